The molecule has 2 aromatic carbocycles. The van der Waals surface area contributed by atoms with Gasteiger partial charge in [0.15, 0.2) is 0 Å². The molecule has 0 spiro atoms. The van der Waals surface area contributed by atoms with E-state index in [1.54, 1.807) is 11.8 Å². The van der Waals surface area contributed by atoms with Crippen LogP contribution < -0.4 is 15.8 Å². The van der Waals surface area contributed by atoms with Gasteiger partial charge in [-0.15, -0.1) is 0 Å². The van der Waals surface area contributed by atoms with E-state index in [1.165, 1.54) is 0 Å². The molecule has 1 aliphatic rings. The van der Waals surface area contributed by atoms with Crippen molar-refractivity contribution >= 4 is 47.0 Å². The number of ether oxygens (including phenoxy) is 1. The summed E-state index contributed by atoms with van der Waals surface area (Å²) in [5.41, 5.74) is 5.93. The molecule has 4 N–H and O–H groups in total. The van der Waals surface area contributed by atoms with Crippen LogP contribution in [0.15, 0.2) is 54.6 Å². The first-order chi connectivity index (χ1) is 16.4. The third-order valence-electron chi connectivity index (χ3n) is 5.87. The Balaban J connectivity index is 1.75. The quantitative estimate of drug-likeness (QED) is 0.261. The van der Waals surface area contributed by atoms with Crippen molar-refractivity contribution in [2.75, 3.05) is 30.9 Å². The summed E-state index contributed by atoms with van der Waals surface area (Å²) in [6.07, 6.45) is 6.36. The van der Waals surface area contributed by atoms with Crippen LogP contribution in [0.4, 0.5) is 0 Å². The molecular weight excluding hydrogens is 470 g/mol. The van der Waals surface area contributed by atoms with Gasteiger partial charge in [-0.1, -0.05) is 48.6 Å². The largest absolute Gasteiger partial charge is 0.488 e. The lowest BCUT2D eigenvalue weighted by molar-refractivity contribution is -0.142. The zero-order valence-corrected chi connectivity index (χ0v) is 21.0. The number of nitrogens with zero attached hydrogens (tertiary/aromatic N) is 1. The molecule has 9 heteroatoms. The molecular formula is C25H33N3O4S2. The zero-order chi connectivity index (χ0) is 24.5. The smallest absolute Gasteiger partial charge is 0.326 e. The van der Waals surface area contributed by atoms with E-state index in [0.717, 1.165) is 16.5 Å². The monoisotopic (exact) mass is 503 g/mol. The van der Waals surface area contributed by atoms with Crippen LogP contribution in [0.5, 0.6) is 5.75 Å². The van der Waals surface area contributed by atoms with Gasteiger partial charge in [0.05, 0.1) is 6.04 Å². The molecule has 34 heavy (non-hydrogen) atoms. The normalized spacial score (nSPS) is 20.4. The number of nitrogens with two attached hydrogens (primary N) is 1. The molecule has 0 aliphatic carbocycles. The molecule has 0 aromatic heterocycles. The van der Waals surface area contributed by atoms with E-state index in [9.17, 15) is 14.7 Å². The van der Waals surface area contributed by atoms with Crippen molar-refractivity contribution in [3.05, 3.63) is 54.6 Å². The molecule has 7 nitrogen and oxygen atoms in total. The number of nitrogens with one attached hydrogen (secondary N) is 1. The summed E-state index contributed by atoms with van der Waals surface area (Å²) in [5, 5.41) is 14.4. The third-order valence-corrected chi connectivity index (χ3v) is 6.94. The fourth-order valence-corrected chi connectivity index (χ4v) is 4.69. The number of amides is 1. The lowest BCUT2D eigenvalue weighted by Crippen LogP contribution is -2.49. The Morgan fingerprint density at radius 1 is 1.32 bits per heavy atom. The van der Waals surface area contributed by atoms with Crippen LogP contribution in [0.25, 0.3) is 10.8 Å². The Morgan fingerprint density at radius 2 is 2.09 bits per heavy atom. The fourth-order valence-electron chi connectivity index (χ4n) is 4.09. The summed E-state index contributed by atoms with van der Waals surface area (Å²) < 4.78 is 6.36. The van der Waals surface area contributed by atoms with Crippen LogP contribution in [0.3, 0.4) is 0 Å². The summed E-state index contributed by atoms with van der Waals surface area (Å²) in [6, 6.07) is 12.4. The highest BCUT2D eigenvalue weighted by Gasteiger charge is 2.38. The molecule has 1 saturated heterocycles. The highest BCUT2D eigenvalue weighted by atomic mass is 32.2. The number of hydrogen-bond acceptors (Lipinski definition) is 7. The van der Waals surface area contributed by atoms with Gasteiger partial charge < -0.3 is 20.9 Å². The molecule has 3 rings (SSSR count). The number of fused-ring (bicyclic) bond motifs is 1. The lowest BCUT2D eigenvalue weighted by atomic mass is 10.1. The second-order valence-electron chi connectivity index (χ2n) is 8.38. The van der Waals surface area contributed by atoms with Gasteiger partial charge in [0.2, 0.25) is 5.91 Å². The van der Waals surface area contributed by atoms with Gasteiger partial charge in [0.25, 0.3) is 0 Å². The number of carboxylic acid groups (broad SMARTS) is 1. The predicted octanol–water partition coefficient (Wildman–Crippen LogP) is 2.80. The zero-order valence-electron chi connectivity index (χ0n) is 19.3. The van der Waals surface area contributed by atoms with Gasteiger partial charge in [-0.3, -0.25) is 9.69 Å². The van der Waals surface area contributed by atoms with Crippen molar-refractivity contribution in [2.45, 2.75) is 37.1 Å². The molecule has 1 fully saturated rings. The Morgan fingerprint density at radius 3 is 2.82 bits per heavy atom. The van der Waals surface area contributed by atoms with Crippen LogP contribution in [0.2, 0.25) is 0 Å². The van der Waals surface area contributed by atoms with Crippen molar-refractivity contribution in [1.29, 1.82) is 0 Å². The number of thiol groups is 1. The van der Waals surface area contributed by atoms with E-state index in [2.05, 4.69) is 17.9 Å². The number of benzene rings is 2. The minimum Gasteiger partial charge on any atom is -0.488 e. The van der Waals surface area contributed by atoms with E-state index < -0.39 is 18.1 Å². The fraction of sp³-hybridized carbons (Fsp3) is 0.440. The number of carbonyl (C=O) groups is 2. The maximum Gasteiger partial charge on any atom is 0.326 e. The number of carboxylic acids is 1. The Hall–Kier alpha value is -2.20. The first-order valence-electron chi connectivity index (χ1n) is 11.4. The van der Waals surface area contributed by atoms with E-state index in [0.29, 0.717) is 37.4 Å². The third kappa shape index (κ3) is 7.15. The van der Waals surface area contributed by atoms with Crippen molar-refractivity contribution in [1.82, 2.24) is 10.2 Å². The lowest BCUT2D eigenvalue weighted by Gasteiger charge is -2.24. The van der Waals surface area contributed by atoms with Gasteiger partial charge in [-0.25, -0.2) is 4.79 Å². The number of carbonyl (C=O) groups excluding carboxylic acids is 1. The molecule has 0 saturated carbocycles. The minimum absolute atomic E-state index is 0.163. The number of hydrogen-bond donors (Lipinski definition) is 4. The van der Waals surface area contributed by atoms with Gasteiger partial charge in [0.1, 0.15) is 17.9 Å². The van der Waals surface area contributed by atoms with Crippen LogP contribution in [-0.2, 0) is 9.59 Å². The highest BCUT2D eigenvalue weighted by molar-refractivity contribution is 7.98. The Labute approximate surface area is 210 Å². The first-order valence-corrected chi connectivity index (χ1v) is 13.4. The average Bonchev–Trinajstić information content (AvgIpc) is 3.24. The number of thioether (sulfide) groups is 1. The van der Waals surface area contributed by atoms with Crippen molar-refractivity contribution in [3.8, 4) is 5.75 Å². The second-order valence-corrected chi connectivity index (χ2v) is 9.73. The van der Waals surface area contributed by atoms with Crippen LogP contribution >= 0.6 is 24.4 Å². The van der Waals surface area contributed by atoms with Crippen molar-refractivity contribution < 1.29 is 19.4 Å². The molecule has 1 aliphatic heterocycles. The van der Waals surface area contributed by atoms with E-state index in [-0.39, 0.29) is 18.1 Å². The maximum atomic E-state index is 13.2. The highest BCUT2D eigenvalue weighted by Crippen LogP contribution is 2.29. The summed E-state index contributed by atoms with van der Waals surface area (Å²) in [5.74, 6) is 0.658. The maximum absolute atomic E-state index is 13.2. The van der Waals surface area contributed by atoms with E-state index >= 15 is 0 Å². The minimum atomic E-state index is -1.02. The Kier molecular flexibility index (Phi) is 10.1. The number of likely N-dealkylation sites (tertiary alicyclic amines) is 1. The summed E-state index contributed by atoms with van der Waals surface area (Å²) in [4.78, 5) is 26.8. The van der Waals surface area contributed by atoms with Gasteiger partial charge in [-0.2, -0.15) is 24.4 Å². The Bertz CT molecular complexity index is 998. The molecule has 1 amide bonds. The molecule has 0 bridgehead atoms. The van der Waals surface area contributed by atoms with Crippen LogP contribution in [-0.4, -0.2) is 77.0 Å². The van der Waals surface area contributed by atoms with Gasteiger partial charge in [-0.05, 0) is 29.9 Å². The van der Waals surface area contributed by atoms with Crippen molar-refractivity contribution in [3.63, 3.8) is 0 Å². The summed E-state index contributed by atoms with van der Waals surface area (Å²) in [6.45, 7) is 1.06. The van der Waals surface area contributed by atoms with E-state index in [1.807, 2.05) is 65.8 Å². The standard InChI is InChI=1S/C25H33N3O4S2/c1-34-13-11-21(25(30)31)27-24(29)22-14-19(15-28(22)12-5-8-18(26)16-33)32-23-10-4-7-17-6-2-3-9-20(17)23/h2-10,18-19,21-22,33H,11-16,26H2,1H3,(H,27,29)(H,30,31)/b8-5+/t18-,19+,21+,22+/m1/s1. The second kappa shape index (κ2) is 13.0. The molecule has 4 atom stereocenters. The predicted molar refractivity (Wildman–Crippen MR) is 142 cm³/mol. The SMILES string of the molecule is CSCC[C@H](NC(=O)[C@@H]1C[C@H](Oc2cccc3ccccc23)CN1C/C=C/[C@@H](N)CS)C(=O)O. The van der Waals surface area contributed by atoms with Crippen LogP contribution in [0, 0.1) is 0 Å². The molecule has 2 aromatic rings. The first kappa shape index (κ1) is 26.4. The van der Waals surface area contributed by atoms with Crippen molar-refractivity contribution in [2.24, 2.45) is 5.73 Å². The van der Waals surface area contributed by atoms with Crippen LogP contribution in [0.1, 0.15) is 12.8 Å². The average molecular weight is 504 g/mol. The summed E-state index contributed by atoms with van der Waals surface area (Å²) in [7, 11) is 0. The number of rotatable bonds is 12. The van der Waals surface area contributed by atoms with Gasteiger partial charge >= 0.3 is 5.97 Å². The molecule has 1 heterocycles. The molecule has 0 radical (unpaired) electrons. The van der Waals surface area contributed by atoms with Gasteiger partial charge in [0, 0.05) is 36.7 Å². The topological polar surface area (TPSA) is 105 Å². The van der Waals surface area contributed by atoms with E-state index in [4.69, 9.17) is 10.5 Å². The molecule has 0 unspecified atom stereocenters. The molecule has 184 valence electrons. The number of aliphatic carboxylic acids is 1. The summed E-state index contributed by atoms with van der Waals surface area (Å²) >= 11 is 5.75.